The highest BCUT2D eigenvalue weighted by Crippen LogP contribution is 2.66. The van der Waals surface area contributed by atoms with Gasteiger partial charge in [0.2, 0.25) is 11.8 Å². The van der Waals surface area contributed by atoms with Crippen LogP contribution in [0.3, 0.4) is 0 Å². The first-order valence-corrected chi connectivity index (χ1v) is 24.7. The lowest BCUT2D eigenvalue weighted by Gasteiger charge is -2.60. The molecule has 2 amide bonds. The fourth-order valence-corrected chi connectivity index (χ4v) is 14.9. The van der Waals surface area contributed by atoms with E-state index in [0.717, 1.165) is 89.3 Å². The summed E-state index contributed by atoms with van der Waals surface area (Å²) in [6, 6.07) is 9.90. The van der Waals surface area contributed by atoms with E-state index in [9.17, 15) is 19.2 Å². The number of amides is 2. The Morgan fingerprint density at radius 3 is 2.23 bits per heavy atom. The van der Waals surface area contributed by atoms with Gasteiger partial charge in [-0.1, -0.05) is 84.7 Å². The zero-order valence-corrected chi connectivity index (χ0v) is 38.1. The molecule has 1 heterocycles. The molecule has 14 unspecified atom stereocenters. The van der Waals surface area contributed by atoms with Crippen molar-refractivity contribution in [2.45, 2.75) is 176 Å². The minimum atomic E-state index is -0.306. The average molecular weight is 827 g/mol. The molecule has 1 aliphatic heterocycles. The lowest BCUT2D eigenvalue weighted by atomic mass is 9.45. The minimum Gasteiger partial charge on any atom is -0.462 e. The molecule has 60 heavy (non-hydrogen) atoms. The molecule has 332 valence electrons. The van der Waals surface area contributed by atoms with Crippen LogP contribution in [0.15, 0.2) is 30.3 Å². The highest BCUT2D eigenvalue weighted by molar-refractivity contribution is 5.85. The number of ether oxygens (including phenoxy) is 2. The van der Waals surface area contributed by atoms with Crippen molar-refractivity contribution in [3.63, 3.8) is 0 Å². The van der Waals surface area contributed by atoms with Gasteiger partial charge in [-0.15, -0.1) is 0 Å². The molecule has 6 aliphatic carbocycles. The molecule has 7 aliphatic rings. The molecule has 6 saturated carbocycles. The Hall–Kier alpha value is -2.90. The van der Waals surface area contributed by atoms with Gasteiger partial charge in [0.25, 0.3) is 0 Å². The van der Waals surface area contributed by atoms with Gasteiger partial charge in [-0.3, -0.25) is 19.2 Å². The number of nitrogens with zero attached hydrogens (tertiary/aromatic N) is 1. The van der Waals surface area contributed by atoms with Crippen LogP contribution in [0.1, 0.15) is 163 Å². The summed E-state index contributed by atoms with van der Waals surface area (Å²) in [5.41, 5.74) is 0.696. The van der Waals surface area contributed by atoms with E-state index in [1.54, 1.807) is 0 Å². The summed E-state index contributed by atoms with van der Waals surface area (Å²) < 4.78 is 12.1. The Morgan fingerprint density at radius 1 is 0.750 bits per heavy atom. The van der Waals surface area contributed by atoms with E-state index in [2.05, 4.69) is 51.8 Å². The third kappa shape index (κ3) is 8.22. The first kappa shape index (κ1) is 43.7. The fraction of sp³-hybridized carbons (Fsp3) is 0.808. The van der Waals surface area contributed by atoms with Gasteiger partial charge in [-0.25, -0.2) is 0 Å². The summed E-state index contributed by atoms with van der Waals surface area (Å²) in [6.07, 6.45) is 18.6. The molecule has 1 saturated heterocycles. The van der Waals surface area contributed by atoms with Crippen LogP contribution in [-0.2, 0) is 35.3 Å². The molecule has 0 aromatic heterocycles. The van der Waals surface area contributed by atoms with Crippen molar-refractivity contribution in [3.8, 4) is 0 Å². The van der Waals surface area contributed by atoms with Gasteiger partial charge in [0.05, 0.1) is 11.3 Å². The minimum absolute atomic E-state index is 0.0631. The number of likely N-dealkylation sites (tertiary alicyclic amines) is 1. The zero-order valence-electron chi connectivity index (χ0n) is 38.1. The number of carbonyl (C=O) groups excluding carboxylic acids is 4. The molecule has 8 nitrogen and oxygen atoms in total. The van der Waals surface area contributed by atoms with Crippen molar-refractivity contribution < 1.29 is 28.7 Å². The summed E-state index contributed by atoms with van der Waals surface area (Å²) in [5.74, 6) is 3.78. The summed E-state index contributed by atoms with van der Waals surface area (Å²) in [6.45, 7) is 15.9. The fourth-order valence-electron chi connectivity index (χ4n) is 14.9. The average Bonchev–Trinajstić information content (AvgIpc) is 3.70. The lowest BCUT2D eigenvalue weighted by molar-refractivity contribution is -0.178. The van der Waals surface area contributed by atoms with Gasteiger partial charge >= 0.3 is 11.9 Å². The van der Waals surface area contributed by atoms with Crippen molar-refractivity contribution in [3.05, 3.63) is 35.9 Å². The van der Waals surface area contributed by atoms with Crippen LogP contribution in [0.5, 0.6) is 0 Å². The van der Waals surface area contributed by atoms with Gasteiger partial charge in [0.15, 0.2) is 0 Å². The molecule has 14 atom stereocenters. The molecule has 1 aromatic carbocycles. The van der Waals surface area contributed by atoms with E-state index >= 15 is 0 Å². The summed E-state index contributed by atoms with van der Waals surface area (Å²) in [7, 11) is 0. The Morgan fingerprint density at radius 2 is 1.50 bits per heavy atom. The first-order chi connectivity index (χ1) is 28.7. The number of esters is 2. The van der Waals surface area contributed by atoms with E-state index in [0.29, 0.717) is 60.2 Å². The Bertz CT molecular complexity index is 1710. The molecule has 0 spiro atoms. The highest BCUT2D eigenvalue weighted by atomic mass is 16.5. The number of benzene rings is 1. The second-order valence-electron chi connectivity index (χ2n) is 22.4. The molecule has 1 aromatic rings. The number of carbonyl (C=O) groups is 4. The summed E-state index contributed by atoms with van der Waals surface area (Å²) in [5, 5.41) is 3.58. The van der Waals surface area contributed by atoms with Gasteiger partial charge in [0.1, 0.15) is 12.7 Å². The largest absolute Gasteiger partial charge is 0.462 e. The molecule has 0 radical (unpaired) electrons. The van der Waals surface area contributed by atoms with E-state index in [4.69, 9.17) is 9.47 Å². The number of hydrogen-bond donors (Lipinski definition) is 1. The monoisotopic (exact) mass is 827 g/mol. The van der Waals surface area contributed by atoms with Crippen LogP contribution < -0.4 is 5.32 Å². The Labute approximate surface area is 361 Å². The second kappa shape index (κ2) is 17.7. The number of fused-ring (bicyclic) bond motifs is 5. The zero-order chi connectivity index (χ0) is 42.4. The van der Waals surface area contributed by atoms with Crippen LogP contribution in [0.2, 0.25) is 0 Å². The number of piperidine rings is 1. The van der Waals surface area contributed by atoms with E-state index in [-0.39, 0.29) is 70.6 Å². The van der Waals surface area contributed by atoms with E-state index in [1.165, 1.54) is 32.1 Å². The third-order valence-corrected chi connectivity index (χ3v) is 19.1. The molecule has 8 heteroatoms. The van der Waals surface area contributed by atoms with Crippen molar-refractivity contribution in [2.75, 3.05) is 13.1 Å². The van der Waals surface area contributed by atoms with Crippen molar-refractivity contribution in [1.29, 1.82) is 0 Å². The molecule has 8 rings (SSSR count). The number of rotatable bonds is 9. The van der Waals surface area contributed by atoms with Crippen LogP contribution in [0.4, 0.5) is 0 Å². The Balaban J connectivity index is 0.849. The van der Waals surface area contributed by atoms with Gasteiger partial charge in [-0.2, -0.15) is 0 Å². The maximum Gasteiger partial charge on any atom is 0.309 e. The van der Waals surface area contributed by atoms with Crippen molar-refractivity contribution in [1.82, 2.24) is 10.2 Å². The summed E-state index contributed by atoms with van der Waals surface area (Å²) >= 11 is 0. The van der Waals surface area contributed by atoms with Crippen molar-refractivity contribution >= 4 is 23.8 Å². The molecular weight excluding hydrogens is 749 g/mol. The summed E-state index contributed by atoms with van der Waals surface area (Å²) in [4.78, 5) is 56.5. The van der Waals surface area contributed by atoms with E-state index < -0.39 is 0 Å². The van der Waals surface area contributed by atoms with Crippen LogP contribution >= 0.6 is 0 Å². The normalized spacial score (nSPS) is 41.2. The smallest absolute Gasteiger partial charge is 0.309 e. The van der Waals surface area contributed by atoms with Crippen molar-refractivity contribution in [2.24, 2.45) is 75.4 Å². The maximum atomic E-state index is 14.5. The predicted molar refractivity (Wildman–Crippen MR) is 234 cm³/mol. The first-order valence-electron chi connectivity index (χ1n) is 24.7. The predicted octanol–water partition coefficient (Wildman–Crippen LogP) is 10.3. The molecule has 1 N–H and O–H groups in total. The van der Waals surface area contributed by atoms with Crippen LogP contribution in [0.25, 0.3) is 0 Å². The number of hydrogen-bond acceptors (Lipinski definition) is 6. The van der Waals surface area contributed by atoms with Gasteiger partial charge < -0.3 is 19.7 Å². The second-order valence-corrected chi connectivity index (χ2v) is 22.4. The van der Waals surface area contributed by atoms with Gasteiger partial charge in [0, 0.05) is 31.5 Å². The Kier molecular flexibility index (Phi) is 12.9. The SMILES string of the molecule is CC1CCCC2(C)C(CCC3C4CCCC4(C(=O)NC4CC(C(=O)N5CCCCC5)C4C)CCC32)C(C)CCC1OC(=O)C1CC(CC(=O)OCc2ccccc2)C1(C)C. The maximum absolute atomic E-state index is 14.5. The lowest BCUT2D eigenvalue weighted by Crippen LogP contribution is -2.61. The third-order valence-electron chi connectivity index (χ3n) is 19.1. The van der Waals surface area contributed by atoms with Crippen LogP contribution in [-0.4, -0.2) is 53.9 Å². The van der Waals surface area contributed by atoms with Gasteiger partial charge in [-0.05, 0) is 160 Å². The van der Waals surface area contributed by atoms with E-state index in [1.807, 2.05) is 30.3 Å². The standard InChI is InChI=1S/C52H78N2O6/c1-33-19-22-45(60-48(57)43-29-37(50(43,4)5)30-46(55)59-32-36-16-9-7-10-17-36)34(2)15-13-24-51(6)40(33)21-20-38-41(51)23-26-52(25-14-18-42(38)52)49(58)53-44-31-39(35(44)3)47(56)54-27-11-8-12-28-54/h7,9-10,16-17,33-35,37-45H,8,11-15,18-32H2,1-6H3,(H,53,58). The van der Waals surface area contributed by atoms with Crippen LogP contribution in [0, 0.1) is 75.4 Å². The quantitative estimate of drug-likeness (QED) is 0.249. The number of nitrogens with one attached hydrogen (secondary N) is 1. The topological polar surface area (TPSA) is 102 Å². The molecule has 0 bridgehead atoms. The molecular formula is C52H78N2O6. The highest BCUT2D eigenvalue weighted by Gasteiger charge is 2.62. The molecule has 7 fully saturated rings.